The van der Waals surface area contributed by atoms with Crippen molar-refractivity contribution in [2.24, 2.45) is 4.99 Å². The Morgan fingerprint density at radius 1 is 1.22 bits per heavy atom. The van der Waals surface area contributed by atoms with Crippen LogP contribution in [0.5, 0.6) is 5.75 Å². The highest BCUT2D eigenvalue weighted by Crippen LogP contribution is 2.40. The van der Waals surface area contributed by atoms with E-state index in [1.165, 1.54) is 30.4 Å². The van der Waals surface area contributed by atoms with Crippen LogP contribution in [-0.4, -0.2) is 61.3 Å². The summed E-state index contributed by atoms with van der Waals surface area (Å²) in [6.07, 6.45) is 8.00. The molecule has 1 aliphatic heterocycles. The number of aliphatic imine (C=N–C) groups is 1. The van der Waals surface area contributed by atoms with Gasteiger partial charge in [-0.15, -0.1) is 0 Å². The molecular weight excluding hydrogens is 470 g/mol. The maximum atomic E-state index is 12.4. The molecule has 0 aromatic heterocycles. The van der Waals surface area contributed by atoms with Gasteiger partial charge in [0.15, 0.2) is 0 Å². The SMILES string of the molecule is CN=C(NC1(C=O)CCN(SCCc2ccc(C=O)cc2C)CC1)c1c(OC)cccc1C1CCC1. The number of aryl methyl sites for hydroxylation is 2. The number of piperidine rings is 1. The second-order valence-electron chi connectivity index (χ2n) is 9.84. The minimum Gasteiger partial charge on any atom is -0.496 e. The molecule has 36 heavy (non-hydrogen) atoms. The molecule has 0 radical (unpaired) electrons. The van der Waals surface area contributed by atoms with Gasteiger partial charge < -0.3 is 14.8 Å². The number of nitrogens with one attached hydrogen (secondary N) is 1. The molecule has 7 heteroatoms. The van der Waals surface area contributed by atoms with Crippen molar-refractivity contribution in [3.63, 3.8) is 0 Å². The third kappa shape index (κ3) is 5.84. The minimum absolute atomic E-state index is 0.525. The molecule has 2 fully saturated rings. The molecule has 0 unspecified atom stereocenters. The first kappa shape index (κ1) is 26.4. The smallest absolute Gasteiger partial charge is 0.150 e. The molecule has 192 valence electrons. The normalized spacial score (nSPS) is 18.4. The number of carbonyl (C=O) groups is 2. The Morgan fingerprint density at radius 2 is 2.00 bits per heavy atom. The zero-order valence-electron chi connectivity index (χ0n) is 21.6. The van der Waals surface area contributed by atoms with E-state index in [0.29, 0.717) is 5.92 Å². The number of ether oxygens (including phenoxy) is 1. The van der Waals surface area contributed by atoms with Gasteiger partial charge in [0.25, 0.3) is 0 Å². The average molecular weight is 508 g/mol. The van der Waals surface area contributed by atoms with Crippen LogP contribution in [0.4, 0.5) is 0 Å². The van der Waals surface area contributed by atoms with E-state index in [2.05, 4.69) is 33.7 Å². The number of aldehydes is 2. The maximum Gasteiger partial charge on any atom is 0.150 e. The lowest BCUT2D eigenvalue weighted by Crippen LogP contribution is -2.56. The zero-order valence-corrected chi connectivity index (χ0v) is 22.4. The highest BCUT2D eigenvalue weighted by atomic mass is 32.2. The van der Waals surface area contributed by atoms with E-state index in [0.717, 1.165) is 79.0 Å². The molecule has 4 rings (SSSR count). The largest absolute Gasteiger partial charge is 0.496 e. The highest BCUT2D eigenvalue weighted by molar-refractivity contribution is 7.97. The quantitative estimate of drug-likeness (QED) is 0.212. The minimum atomic E-state index is -0.634. The summed E-state index contributed by atoms with van der Waals surface area (Å²) in [5.74, 6) is 3.04. The molecule has 1 aliphatic carbocycles. The van der Waals surface area contributed by atoms with Crippen LogP contribution in [0.15, 0.2) is 41.4 Å². The maximum absolute atomic E-state index is 12.4. The van der Waals surface area contributed by atoms with Gasteiger partial charge in [0.2, 0.25) is 0 Å². The van der Waals surface area contributed by atoms with Gasteiger partial charge in [0, 0.05) is 31.5 Å². The number of hydrogen-bond donors (Lipinski definition) is 1. The fraction of sp³-hybridized carbons (Fsp3) is 0.483. The first-order valence-corrected chi connectivity index (χ1v) is 13.8. The lowest BCUT2D eigenvalue weighted by atomic mass is 9.77. The summed E-state index contributed by atoms with van der Waals surface area (Å²) in [5.41, 5.74) is 4.79. The summed E-state index contributed by atoms with van der Waals surface area (Å²) in [6.45, 7) is 3.72. The van der Waals surface area contributed by atoms with Gasteiger partial charge in [-0.1, -0.05) is 42.6 Å². The molecule has 2 aromatic carbocycles. The third-order valence-electron chi connectivity index (χ3n) is 7.64. The van der Waals surface area contributed by atoms with E-state index < -0.39 is 5.54 Å². The Bertz CT molecular complexity index is 1100. The van der Waals surface area contributed by atoms with Crippen molar-refractivity contribution < 1.29 is 14.3 Å². The summed E-state index contributed by atoms with van der Waals surface area (Å²) in [5, 5.41) is 3.56. The molecule has 6 nitrogen and oxygen atoms in total. The van der Waals surface area contributed by atoms with Gasteiger partial charge in [-0.3, -0.25) is 14.1 Å². The first-order valence-electron chi connectivity index (χ1n) is 12.8. The number of methoxy groups -OCH3 is 1. The van der Waals surface area contributed by atoms with Crippen molar-refractivity contribution in [3.8, 4) is 5.75 Å². The van der Waals surface area contributed by atoms with Gasteiger partial charge in [0.05, 0.1) is 18.2 Å². The van der Waals surface area contributed by atoms with Crippen LogP contribution in [0.2, 0.25) is 0 Å². The van der Waals surface area contributed by atoms with E-state index in [-0.39, 0.29) is 0 Å². The number of rotatable bonds is 10. The highest BCUT2D eigenvalue weighted by Gasteiger charge is 2.37. The van der Waals surface area contributed by atoms with Gasteiger partial charge in [-0.2, -0.15) is 0 Å². The Balaban J connectivity index is 1.38. The van der Waals surface area contributed by atoms with E-state index >= 15 is 0 Å². The van der Waals surface area contributed by atoms with Crippen LogP contribution in [0.25, 0.3) is 0 Å². The van der Waals surface area contributed by atoms with Gasteiger partial charge in [0.1, 0.15) is 24.2 Å². The predicted octanol–water partition coefficient (Wildman–Crippen LogP) is 4.97. The Kier molecular flexibility index (Phi) is 8.86. The molecule has 1 saturated heterocycles. The molecule has 2 aliphatic rings. The molecule has 0 spiro atoms. The summed E-state index contributed by atoms with van der Waals surface area (Å²) < 4.78 is 8.09. The number of amidine groups is 1. The van der Waals surface area contributed by atoms with E-state index in [1.54, 1.807) is 14.2 Å². The molecule has 1 saturated carbocycles. The molecule has 1 heterocycles. The Morgan fingerprint density at radius 3 is 2.58 bits per heavy atom. The molecule has 1 N–H and O–H groups in total. The molecular formula is C29H37N3O3S. The lowest BCUT2D eigenvalue weighted by Gasteiger charge is -2.39. The first-order chi connectivity index (χ1) is 17.5. The van der Waals surface area contributed by atoms with Crippen molar-refractivity contribution in [3.05, 3.63) is 64.2 Å². The summed E-state index contributed by atoms with van der Waals surface area (Å²) in [4.78, 5) is 28.0. The van der Waals surface area contributed by atoms with Gasteiger partial charge in [-0.05, 0) is 73.8 Å². The summed E-state index contributed by atoms with van der Waals surface area (Å²) in [7, 11) is 3.48. The van der Waals surface area contributed by atoms with Crippen LogP contribution in [0.3, 0.4) is 0 Å². The van der Waals surface area contributed by atoms with Crippen LogP contribution in [0, 0.1) is 6.92 Å². The lowest BCUT2D eigenvalue weighted by molar-refractivity contribution is -0.114. The predicted molar refractivity (Wildman–Crippen MR) is 148 cm³/mol. The standard InChI is InChI=1S/C29H37N3O3S/c1-21-18-22(19-33)10-11-23(21)12-17-36-32-15-13-29(20-34,14-16-32)31-28(30-2)27-25(24-6-4-7-24)8-5-9-26(27)35-3/h5,8-11,18-20,24H,4,6-7,12-17H2,1-3H3,(H,30,31). The summed E-state index contributed by atoms with van der Waals surface area (Å²) >= 11 is 1.84. The van der Waals surface area contributed by atoms with Crippen LogP contribution < -0.4 is 10.1 Å². The van der Waals surface area contributed by atoms with Crippen molar-refractivity contribution in [1.29, 1.82) is 0 Å². The molecule has 0 bridgehead atoms. The second kappa shape index (κ2) is 12.1. The van der Waals surface area contributed by atoms with E-state index in [1.807, 2.05) is 36.2 Å². The van der Waals surface area contributed by atoms with Crippen molar-refractivity contribution in [2.75, 3.05) is 33.0 Å². The topological polar surface area (TPSA) is 71.0 Å². The number of nitrogens with zero attached hydrogens (tertiary/aromatic N) is 2. The molecule has 0 atom stereocenters. The van der Waals surface area contributed by atoms with Gasteiger partial charge in [-0.25, -0.2) is 0 Å². The molecule has 0 amide bonds. The fourth-order valence-electron chi connectivity index (χ4n) is 5.14. The fourth-order valence-corrected chi connectivity index (χ4v) is 6.15. The van der Waals surface area contributed by atoms with E-state index in [9.17, 15) is 9.59 Å². The number of hydrogen-bond acceptors (Lipinski definition) is 6. The van der Waals surface area contributed by atoms with Gasteiger partial charge >= 0.3 is 0 Å². The van der Waals surface area contributed by atoms with Crippen LogP contribution in [-0.2, 0) is 11.2 Å². The second-order valence-corrected chi connectivity index (χ2v) is 11.0. The Hall–Kier alpha value is -2.64. The van der Waals surface area contributed by atoms with Crippen molar-refractivity contribution in [2.45, 2.75) is 56.9 Å². The van der Waals surface area contributed by atoms with Crippen molar-refractivity contribution in [1.82, 2.24) is 9.62 Å². The Labute approximate surface area is 219 Å². The van der Waals surface area contributed by atoms with E-state index in [4.69, 9.17) is 4.74 Å². The average Bonchev–Trinajstić information content (AvgIpc) is 2.88. The molecule has 2 aromatic rings. The number of carbonyl (C=O) groups excluding carboxylic acids is 2. The van der Waals surface area contributed by atoms with Crippen LogP contribution in [0.1, 0.15) is 70.6 Å². The monoisotopic (exact) mass is 507 g/mol. The zero-order chi connectivity index (χ0) is 25.5. The van der Waals surface area contributed by atoms with Crippen molar-refractivity contribution >= 4 is 30.4 Å². The summed E-state index contributed by atoms with van der Waals surface area (Å²) in [6, 6.07) is 12.1. The van der Waals surface area contributed by atoms with Crippen LogP contribution >= 0.6 is 11.9 Å². The third-order valence-corrected chi connectivity index (χ3v) is 8.76. The number of benzene rings is 2.